The van der Waals surface area contributed by atoms with Crippen molar-refractivity contribution in [2.45, 2.75) is 90.1 Å². The first kappa shape index (κ1) is 17.5. The smallest absolute Gasteiger partial charge is 0.0850 e. The van der Waals surface area contributed by atoms with Gasteiger partial charge in [0.2, 0.25) is 0 Å². The van der Waals surface area contributed by atoms with E-state index < -0.39 is 0 Å². The molecule has 124 valence electrons. The summed E-state index contributed by atoms with van der Waals surface area (Å²) in [4.78, 5) is 0. The highest BCUT2D eigenvalue weighted by Crippen LogP contribution is 2.21. The lowest BCUT2D eigenvalue weighted by Crippen LogP contribution is -1.99. The zero-order valence-corrected chi connectivity index (χ0v) is 14.5. The Labute approximate surface area is 137 Å². The molecule has 0 radical (unpaired) electrons. The van der Waals surface area contributed by atoms with Gasteiger partial charge in [-0.1, -0.05) is 89.0 Å². The number of rotatable bonds is 13. The lowest BCUT2D eigenvalue weighted by molar-refractivity contribution is 0.407. The van der Waals surface area contributed by atoms with E-state index in [9.17, 15) is 0 Å². The first-order valence-corrected chi connectivity index (χ1v) is 9.58. The second-order valence-electron chi connectivity index (χ2n) is 6.86. The van der Waals surface area contributed by atoms with E-state index >= 15 is 0 Å². The van der Waals surface area contributed by atoms with Gasteiger partial charge >= 0.3 is 0 Å². The van der Waals surface area contributed by atoms with Gasteiger partial charge in [-0.2, -0.15) is 0 Å². The number of hydrogen-bond acceptors (Lipinski definition) is 1. The van der Waals surface area contributed by atoms with E-state index in [1.54, 1.807) is 5.56 Å². The van der Waals surface area contributed by atoms with E-state index in [1.807, 2.05) is 0 Å². The van der Waals surface area contributed by atoms with Crippen LogP contribution in [0.4, 0.5) is 0 Å². The molecule has 0 amide bonds. The van der Waals surface area contributed by atoms with Gasteiger partial charge in [0, 0.05) is 6.42 Å². The van der Waals surface area contributed by atoms with Gasteiger partial charge in [-0.25, -0.2) is 0 Å². The van der Waals surface area contributed by atoms with Crippen molar-refractivity contribution in [2.24, 2.45) is 0 Å². The van der Waals surface area contributed by atoms with Gasteiger partial charge in [-0.05, 0) is 24.0 Å². The van der Waals surface area contributed by atoms with Crippen LogP contribution in [0.3, 0.4) is 0 Å². The molecule has 0 bridgehead atoms. The van der Waals surface area contributed by atoms with Crippen molar-refractivity contribution in [3.63, 3.8) is 0 Å². The van der Waals surface area contributed by atoms with Crippen LogP contribution in [0.5, 0.6) is 0 Å². The minimum Gasteiger partial charge on any atom is -0.373 e. The van der Waals surface area contributed by atoms with Crippen molar-refractivity contribution >= 4 is 0 Å². The molecule has 1 aliphatic rings. The first-order chi connectivity index (χ1) is 10.9. The molecule has 1 atom stereocenters. The number of unbranched alkanes of at least 4 members (excludes halogenated alkanes) is 9. The molecular formula is C21H34O. The van der Waals surface area contributed by atoms with Crippen molar-refractivity contribution in [2.75, 3.05) is 6.61 Å². The van der Waals surface area contributed by atoms with Crippen molar-refractivity contribution in [3.05, 3.63) is 35.4 Å². The predicted octanol–water partition coefficient (Wildman–Crippen LogP) is 6.09. The van der Waals surface area contributed by atoms with Gasteiger partial charge in [-0.3, -0.25) is 0 Å². The van der Waals surface area contributed by atoms with Crippen molar-refractivity contribution in [1.82, 2.24) is 0 Å². The Bertz CT molecular complexity index is 395. The molecular weight excluding hydrogens is 268 g/mol. The fourth-order valence-corrected chi connectivity index (χ4v) is 3.23. The standard InChI is InChI=1S/C21H34O/c1-2-3-4-5-6-7-8-9-10-11-14-19-15-12-13-16-20(19)17-21-18-22-21/h12-13,15-16,21H,2-11,14,17-18H2,1H3. The van der Waals surface area contributed by atoms with Crippen LogP contribution in [0.1, 0.15) is 82.3 Å². The summed E-state index contributed by atoms with van der Waals surface area (Å²) in [6, 6.07) is 8.95. The fourth-order valence-electron chi connectivity index (χ4n) is 3.23. The Morgan fingerprint density at radius 1 is 0.818 bits per heavy atom. The minimum atomic E-state index is 0.508. The quantitative estimate of drug-likeness (QED) is 0.317. The van der Waals surface area contributed by atoms with Crippen molar-refractivity contribution < 1.29 is 4.74 Å². The molecule has 0 aromatic heterocycles. The summed E-state index contributed by atoms with van der Waals surface area (Å²) in [7, 11) is 0. The summed E-state index contributed by atoms with van der Waals surface area (Å²) in [5.41, 5.74) is 3.07. The molecule has 0 N–H and O–H groups in total. The van der Waals surface area contributed by atoms with E-state index in [0.717, 1.165) is 13.0 Å². The zero-order valence-electron chi connectivity index (χ0n) is 14.5. The molecule has 1 nitrogen and oxygen atoms in total. The maximum atomic E-state index is 5.37. The van der Waals surface area contributed by atoms with Gasteiger partial charge in [-0.15, -0.1) is 0 Å². The maximum Gasteiger partial charge on any atom is 0.0850 e. The minimum absolute atomic E-state index is 0.508. The van der Waals surface area contributed by atoms with Crippen LogP contribution in [-0.4, -0.2) is 12.7 Å². The molecule has 1 fully saturated rings. The molecule has 0 spiro atoms. The molecule has 1 saturated heterocycles. The van der Waals surface area contributed by atoms with Gasteiger partial charge in [0.25, 0.3) is 0 Å². The lowest BCUT2D eigenvalue weighted by Gasteiger charge is -2.08. The fraction of sp³-hybridized carbons (Fsp3) is 0.714. The van der Waals surface area contributed by atoms with Crippen LogP contribution < -0.4 is 0 Å². The predicted molar refractivity (Wildman–Crippen MR) is 95.4 cm³/mol. The molecule has 1 heteroatoms. The van der Waals surface area contributed by atoms with Crippen LogP contribution in [0, 0.1) is 0 Å². The highest BCUT2D eigenvalue weighted by atomic mass is 16.6. The third-order valence-electron chi connectivity index (χ3n) is 4.77. The van der Waals surface area contributed by atoms with Gasteiger partial charge in [0.05, 0.1) is 12.7 Å². The summed E-state index contributed by atoms with van der Waals surface area (Å²) in [5, 5.41) is 0. The van der Waals surface area contributed by atoms with Gasteiger partial charge < -0.3 is 4.74 Å². The molecule has 1 aliphatic heterocycles. The molecule has 1 unspecified atom stereocenters. The van der Waals surface area contributed by atoms with E-state index in [2.05, 4.69) is 31.2 Å². The molecule has 0 saturated carbocycles. The van der Waals surface area contributed by atoms with Crippen LogP contribution in [-0.2, 0) is 17.6 Å². The number of epoxide rings is 1. The molecule has 1 heterocycles. The second kappa shape index (κ2) is 10.8. The summed E-state index contributed by atoms with van der Waals surface area (Å²) < 4.78 is 5.37. The Morgan fingerprint density at radius 2 is 1.36 bits per heavy atom. The van der Waals surface area contributed by atoms with E-state index in [4.69, 9.17) is 4.74 Å². The number of hydrogen-bond donors (Lipinski definition) is 0. The average molecular weight is 303 g/mol. The molecule has 2 rings (SSSR count). The Kier molecular flexibility index (Phi) is 8.63. The molecule has 1 aromatic carbocycles. The highest BCUT2D eigenvalue weighted by molar-refractivity contribution is 5.28. The van der Waals surface area contributed by atoms with Crippen molar-refractivity contribution in [1.29, 1.82) is 0 Å². The third kappa shape index (κ3) is 7.45. The summed E-state index contributed by atoms with van der Waals surface area (Å²) in [6.45, 7) is 3.25. The van der Waals surface area contributed by atoms with Crippen LogP contribution >= 0.6 is 0 Å². The van der Waals surface area contributed by atoms with Crippen molar-refractivity contribution in [3.8, 4) is 0 Å². The highest BCUT2D eigenvalue weighted by Gasteiger charge is 2.23. The number of ether oxygens (including phenoxy) is 1. The lowest BCUT2D eigenvalue weighted by atomic mass is 9.97. The normalized spacial score (nSPS) is 16.9. The SMILES string of the molecule is CCCCCCCCCCCCc1ccccc1CC1CO1. The Hall–Kier alpha value is -0.820. The topological polar surface area (TPSA) is 12.5 Å². The largest absolute Gasteiger partial charge is 0.373 e. The number of aryl methyl sites for hydroxylation is 1. The summed E-state index contributed by atoms with van der Waals surface area (Å²) in [5.74, 6) is 0. The van der Waals surface area contributed by atoms with E-state index in [-0.39, 0.29) is 0 Å². The monoisotopic (exact) mass is 302 g/mol. The van der Waals surface area contributed by atoms with E-state index in [0.29, 0.717) is 6.10 Å². The maximum absolute atomic E-state index is 5.37. The number of benzene rings is 1. The molecule has 22 heavy (non-hydrogen) atoms. The van der Waals surface area contributed by atoms with Crippen LogP contribution in [0.2, 0.25) is 0 Å². The van der Waals surface area contributed by atoms with Gasteiger partial charge in [0.15, 0.2) is 0 Å². The third-order valence-corrected chi connectivity index (χ3v) is 4.77. The summed E-state index contributed by atoms with van der Waals surface area (Å²) in [6.07, 6.45) is 17.0. The summed E-state index contributed by atoms with van der Waals surface area (Å²) >= 11 is 0. The first-order valence-electron chi connectivity index (χ1n) is 9.58. The molecule has 1 aromatic rings. The average Bonchev–Trinajstić information content (AvgIpc) is 3.35. The van der Waals surface area contributed by atoms with Crippen LogP contribution in [0.15, 0.2) is 24.3 Å². The second-order valence-corrected chi connectivity index (χ2v) is 6.86. The van der Waals surface area contributed by atoms with Crippen LogP contribution in [0.25, 0.3) is 0 Å². The Morgan fingerprint density at radius 3 is 1.95 bits per heavy atom. The zero-order chi connectivity index (χ0) is 15.5. The van der Waals surface area contributed by atoms with Gasteiger partial charge in [0.1, 0.15) is 0 Å². The van der Waals surface area contributed by atoms with E-state index in [1.165, 1.54) is 76.2 Å². The molecule has 0 aliphatic carbocycles. The Balaban J connectivity index is 1.50.